The van der Waals surface area contributed by atoms with Crippen LogP contribution in [-0.4, -0.2) is 23.0 Å². The van der Waals surface area contributed by atoms with Crippen molar-refractivity contribution in [2.24, 2.45) is 5.92 Å². The summed E-state index contributed by atoms with van der Waals surface area (Å²) in [5, 5.41) is 3.84. The SMILES string of the molecule is O=C1CC2(CCCCC2Cc2cccc(Cl)c2)SCCN1. The fourth-order valence-electron chi connectivity index (χ4n) is 3.77. The van der Waals surface area contributed by atoms with Gasteiger partial charge in [-0.1, -0.05) is 36.6 Å². The number of halogens is 1. The van der Waals surface area contributed by atoms with Crippen molar-refractivity contribution in [3.05, 3.63) is 34.9 Å². The Hall–Kier alpha value is -0.670. The fourth-order valence-corrected chi connectivity index (χ4v) is 5.55. The van der Waals surface area contributed by atoms with E-state index in [9.17, 15) is 4.79 Å². The van der Waals surface area contributed by atoms with Crippen LogP contribution in [0.1, 0.15) is 37.7 Å². The third-order valence-electron chi connectivity index (χ3n) is 4.79. The first-order valence-corrected chi connectivity index (χ1v) is 9.19. The number of carbonyl (C=O) groups excluding carboxylic acids is 1. The second-order valence-corrected chi connectivity index (χ2v) is 8.16. The van der Waals surface area contributed by atoms with E-state index >= 15 is 0 Å². The second-order valence-electron chi connectivity index (χ2n) is 6.22. The van der Waals surface area contributed by atoms with Gasteiger partial charge in [-0.15, -0.1) is 0 Å². The Morgan fingerprint density at radius 2 is 2.29 bits per heavy atom. The minimum absolute atomic E-state index is 0.140. The van der Waals surface area contributed by atoms with Gasteiger partial charge in [0.25, 0.3) is 0 Å². The van der Waals surface area contributed by atoms with Gasteiger partial charge in [-0.25, -0.2) is 0 Å². The maximum Gasteiger partial charge on any atom is 0.221 e. The summed E-state index contributed by atoms with van der Waals surface area (Å²) >= 11 is 8.15. The van der Waals surface area contributed by atoms with Crippen molar-refractivity contribution in [2.75, 3.05) is 12.3 Å². The number of amides is 1. The molecule has 114 valence electrons. The number of benzene rings is 1. The Labute approximate surface area is 136 Å². The van der Waals surface area contributed by atoms with Crippen LogP contribution in [0.2, 0.25) is 5.02 Å². The molecule has 0 radical (unpaired) electrons. The van der Waals surface area contributed by atoms with Gasteiger partial charge in [-0.3, -0.25) is 4.79 Å². The van der Waals surface area contributed by atoms with Crippen LogP contribution >= 0.6 is 23.4 Å². The quantitative estimate of drug-likeness (QED) is 0.889. The number of thioether (sulfide) groups is 1. The molecule has 1 heterocycles. The Kier molecular flexibility index (Phi) is 4.80. The van der Waals surface area contributed by atoms with E-state index < -0.39 is 0 Å². The molecule has 1 amide bonds. The van der Waals surface area contributed by atoms with Crippen molar-refractivity contribution in [3.8, 4) is 0 Å². The summed E-state index contributed by atoms with van der Waals surface area (Å²) in [5.74, 6) is 1.86. The van der Waals surface area contributed by atoms with Gasteiger partial charge >= 0.3 is 0 Å². The van der Waals surface area contributed by atoms with E-state index in [2.05, 4.69) is 17.4 Å². The molecule has 1 spiro atoms. The molecule has 1 N–H and O–H groups in total. The molecule has 2 nitrogen and oxygen atoms in total. The Balaban J connectivity index is 1.81. The molecular weight excluding hydrogens is 302 g/mol. The molecule has 2 aliphatic rings. The van der Waals surface area contributed by atoms with Crippen molar-refractivity contribution in [2.45, 2.75) is 43.3 Å². The van der Waals surface area contributed by atoms with Crippen LogP contribution in [0.4, 0.5) is 0 Å². The van der Waals surface area contributed by atoms with Crippen LogP contribution in [0.5, 0.6) is 0 Å². The van der Waals surface area contributed by atoms with Crippen molar-refractivity contribution >= 4 is 29.3 Å². The Morgan fingerprint density at radius 1 is 1.38 bits per heavy atom. The minimum Gasteiger partial charge on any atom is -0.355 e. The average Bonchev–Trinajstić information content (AvgIpc) is 2.64. The monoisotopic (exact) mass is 323 g/mol. The van der Waals surface area contributed by atoms with E-state index in [1.54, 1.807) is 0 Å². The van der Waals surface area contributed by atoms with Gasteiger partial charge in [0.2, 0.25) is 5.91 Å². The van der Waals surface area contributed by atoms with Crippen LogP contribution in [0.3, 0.4) is 0 Å². The van der Waals surface area contributed by atoms with E-state index in [0.717, 1.165) is 23.7 Å². The molecule has 2 atom stereocenters. The van der Waals surface area contributed by atoms with Gasteiger partial charge in [-0.2, -0.15) is 11.8 Å². The average molecular weight is 324 g/mol. The molecule has 1 aromatic rings. The summed E-state index contributed by atoms with van der Waals surface area (Å²) in [7, 11) is 0. The van der Waals surface area contributed by atoms with Crippen LogP contribution in [0.15, 0.2) is 24.3 Å². The van der Waals surface area contributed by atoms with Crippen LogP contribution in [-0.2, 0) is 11.2 Å². The van der Waals surface area contributed by atoms with Crippen molar-refractivity contribution in [1.82, 2.24) is 5.32 Å². The van der Waals surface area contributed by atoms with Gasteiger partial charge in [0.05, 0.1) is 0 Å². The predicted octanol–water partition coefficient (Wildman–Crippen LogP) is 4.06. The first kappa shape index (κ1) is 15.2. The predicted molar refractivity (Wildman–Crippen MR) is 89.9 cm³/mol. The summed E-state index contributed by atoms with van der Waals surface area (Å²) in [6.07, 6.45) is 6.67. The molecule has 0 aromatic heterocycles. The van der Waals surface area contributed by atoms with Gasteiger partial charge < -0.3 is 5.32 Å². The molecule has 2 unspecified atom stereocenters. The second kappa shape index (κ2) is 6.62. The van der Waals surface area contributed by atoms with E-state index in [-0.39, 0.29) is 10.7 Å². The molecule has 21 heavy (non-hydrogen) atoms. The maximum absolute atomic E-state index is 12.1. The van der Waals surface area contributed by atoms with Crippen LogP contribution < -0.4 is 5.32 Å². The first-order chi connectivity index (χ1) is 10.2. The Bertz CT molecular complexity index is 521. The van der Waals surface area contributed by atoms with E-state index in [0.29, 0.717) is 12.3 Å². The molecule has 2 fully saturated rings. The zero-order valence-electron chi connectivity index (χ0n) is 12.2. The summed E-state index contributed by atoms with van der Waals surface area (Å²) in [6.45, 7) is 0.815. The normalized spacial score (nSPS) is 30.0. The highest BCUT2D eigenvalue weighted by molar-refractivity contribution is 8.00. The lowest BCUT2D eigenvalue weighted by Crippen LogP contribution is -2.41. The van der Waals surface area contributed by atoms with Gasteiger partial charge in [-0.05, 0) is 42.9 Å². The molecular formula is C17H22ClNOS. The van der Waals surface area contributed by atoms with E-state index in [4.69, 9.17) is 11.6 Å². The van der Waals surface area contributed by atoms with Gasteiger partial charge in [0, 0.05) is 28.5 Å². The topological polar surface area (TPSA) is 29.1 Å². The lowest BCUT2D eigenvalue weighted by Gasteiger charge is -2.43. The molecule has 1 saturated carbocycles. The summed E-state index contributed by atoms with van der Waals surface area (Å²) < 4.78 is 0.140. The first-order valence-electron chi connectivity index (χ1n) is 7.83. The number of hydrogen-bond donors (Lipinski definition) is 1. The summed E-state index contributed by atoms with van der Waals surface area (Å²) in [6, 6.07) is 8.19. The largest absolute Gasteiger partial charge is 0.355 e. The number of nitrogens with one attached hydrogen (secondary N) is 1. The van der Waals surface area contributed by atoms with Crippen LogP contribution in [0.25, 0.3) is 0 Å². The molecule has 1 aromatic carbocycles. The summed E-state index contributed by atoms with van der Waals surface area (Å²) in [4.78, 5) is 12.1. The number of rotatable bonds is 2. The molecule has 1 saturated heterocycles. The third kappa shape index (κ3) is 3.57. The zero-order chi connectivity index (χ0) is 14.7. The highest BCUT2D eigenvalue weighted by atomic mass is 35.5. The van der Waals surface area contributed by atoms with Crippen molar-refractivity contribution in [1.29, 1.82) is 0 Å². The van der Waals surface area contributed by atoms with Gasteiger partial charge in [0.15, 0.2) is 0 Å². The summed E-state index contributed by atoms with van der Waals surface area (Å²) in [5.41, 5.74) is 1.30. The lowest BCUT2D eigenvalue weighted by atomic mass is 9.73. The molecule has 1 aliphatic carbocycles. The molecule has 4 heteroatoms. The molecule has 0 bridgehead atoms. The standard InChI is InChI=1S/C17H22ClNOS/c18-15-6-3-4-13(11-15)10-14-5-1-2-7-17(14)12-16(20)19-8-9-21-17/h3-4,6,11,14H,1-2,5,7-10,12H2,(H,19,20). The van der Waals surface area contributed by atoms with Crippen molar-refractivity contribution in [3.63, 3.8) is 0 Å². The fraction of sp³-hybridized carbons (Fsp3) is 0.588. The van der Waals surface area contributed by atoms with Crippen LogP contribution in [0, 0.1) is 5.92 Å². The minimum atomic E-state index is 0.140. The zero-order valence-corrected chi connectivity index (χ0v) is 13.8. The highest BCUT2D eigenvalue weighted by Crippen LogP contribution is 2.48. The Morgan fingerprint density at radius 3 is 3.14 bits per heavy atom. The molecule has 1 aliphatic heterocycles. The van der Waals surface area contributed by atoms with Crippen molar-refractivity contribution < 1.29 is 4.79 Å². The molecule has 3 rings (SSSR count). The smallest absolute Gasteiger partial charge is 0.221 e. The van der Waals surface area contributed by atoms with E-state index in [1.807, 2.05) is 23.9 Å². The van der Waals surface area contributed by atoms with Gasteiger partial charge in [0.1, 0.15) is 0 Å². The van der Waals surface area contributed by atoms with E-state index in [1.165, 1.54) is 31.2 Å². The highest BCUT2D eigenvalue weighted by Gasteiger charge is 2.43. The third-order valence-corrected chi connectivity index (χ3v) is 6.69. The number of carbonyl (C=O) groups is 1. The lowest BCUT2D eigenvalue weighted by molar-refractivity contribution is -0.121. The maximum atomic E-state index is 12.1. The number of hydrogen-bond acceptors (Lipinski definition) is 2.